The first-order chi connectivity index (χ1) is 10.3. The third-order valence-corrected chi connectivity index (χ3v) is 3.53. The molecule has 1 aliphatic heterocycles. The summed E-state index contributed by atoms with van der Waals surface area (Å²) in [6, 6.07) is 12.3. The lowest BCUT2D eigenvalue weighted by molar-refractivity contribution is 0.169. The van der Waals surface area contributed by atoms with E-state index in [0.29, 0.717) is 24.5 Å². The Morgan fingerprint density at radius 1 is 1.05 bits per heavy atom. The molecule has 1 aliphatic rings. The van der Waals surface area contributed by atoms with Crippen LogP contribution in [0.25, 0.3) is 0 Å². The molecule has 0 fully saturated rings. The number of hydrogen-bond donors (Lipinski definition) is 1. The zero-order valence-corrected chi connectivity index (χ0v) is 11.9. The van der Waals surface area contributed by atoms with E-state index in [9.17, 15) is 4.39 Å². The van der Waals surface area contributed by atoms with Crippen molar-refractivity contribution in [3.8, 4) is 11.5 Å². The van der Waals surface area contributed by atoms with Crippen molar-refractivity contribution in [1.82, 2.24) is 5.32 Å². The molecular formula is C17H18FNO2. The number of rotatable bonds is 4. The molecule has 3 rings (SSSR count). The third-order valence-electron chi connectivity index (χ3n) is 3.53. The highest BCUT2D eigenvalue weighted by Crippen LogP contribution is 2.39. The van der Waals surface area contributed by atoms with E-state index in [2.05, 4.69) is 5.32 Å². The number of nitrogens with one attached hydrogen (secondary N) is 1. The van der Waals surface area contributed by atoms with Crippen molar-refractivity contribution in [2.75, 3.05) is 19.8 Å². The van der Waals surface area contributed by atoms with Crippen LogP contribution in [0.3, 0.4) is 0 Å². The van der Waals surface area contributed by atoms with E-state index >= 15 is 0 Å². The second-order valence-corrected chi connectivity index (χ2v) is 4.88. The van der Waals surface area contributed by atoms with Gasteiger partial charge in [-0.2, -0.15) is 0 Å². The Bertz CT molecular complexity index is 630. The molecule has 3 nitrogen and oxygen atoms in total. The summed E-state index contributed by atoms with van der Waals surface area (Å²) in [6.45, 7) is 3.78. The molecule has 110 valence electrons. The molecule has 2 aromatic rings. The predicted molar refractivity (Wildman–Crippen MR) is 79.4 cm³/mol. The van der Waals surface area contributed by atoms with Gasteiger partial charge >= 0.3 is 0 Å². The number of ether oxygens (including phenoxy) is 2. The SMILES string of the molecule is CCNC(c1ccccc1F)c1cccc2c1OCCO2. The van der Waals surface area contributed by atoms with E-state index in [1.807, 2.05) is 31.2 Å². The summed E-state index contributed by atoms with van der Waals surface area (Å²) >= 11 is 0. The van der Waals surface area contributed by atoms with Crippen LogP contribution in [0.2, 0.25) is 0 Å². The van der Waals surface area contributed by atoms with Crippen LogP contribution in [-0.2, 0) is 0 Å². The molecule has 4 heteroatoms. The summed E-state index contributed by atoms with van der Waals surface area (Å²) in [5.74, 6) is 1.20. The molecule has 1 N–H and O–H groups in total. The van der Waals surface area contributed by atoms with Crippen molar-refractivity contribution in [2.45, 2.75) is 13.0 Å². The molecule has 1 atom stereocenters. The number of hydrogen-bond acceptors (Lipinski definition) is 3. The van der Waals surface area contributed by atoms with Gasteiger partial charge in [0.15, 0.2) is 11.5 Å². The molecule has 2 aromatic carbocycles. The molecular weight excluding hydrogens is 269 g/mol. The van der Waals surface area contributed by atoms with Gasteiger partial charge in [-0.3, -0.25) is 0 Å². The summed E-state index contributed by atoms with van der Waals surface area (Å²) in [7, 11) is 0. The molecule has 1 heterocycles. The second-order valence-electron chi connectivity index (χ2n) is 4.88. The highest BCUT2D eigenvalue weighted by Gasteiger charge is 2.24. The van der Waals surface area contributed by atoms with Gasteiger partial charge in [-0.1, -0.05) is 37.3 Å². The van der Waals surface area contributed by atoms with Gasteiger partial charge in [0.25, 0.3) is 0 Å². The van der Waals surface area contributed by atoms with Gasteiger partial charge in [0.1, 0.15) is 19.0 Å². The minimum absolute atomic E-state index is 0.224. The van der Waals surface area contributed by atoms with Gasteiger partial charge in [-0.25, -0.2) is 4.39 Å². The summed E-state index contributed by atoms with van der Waals surface area (Å²) in [4.78, 5) is 0. The van der Waals surface area contributed by atoms with Crippen molar-refractivity contribution in [3.05, 3.63) is 59.4 Å². The molecule has 0 amide bonds. The van der Waals surface area contributed by atoms with E-state index in [0.717, 1.165) is 17.9 Å². The maximum Gasteiger partial charge on any atom is 0.166 e. The first kappa shape index (κ1) is 13.9. The summed E-state index contributed by atoms with van der Waals surface area (Å²) < 4.78 is 25.5. The fourth-order valence-electron chi connectivity index (χ4n) is 2.62. The van der Waals surface area contributed by atoms with Crippen LogP contribution in [0.5, 0.6) is 11.5 Å². The Morgan fingerprint density at radius 2 is 1.81 bits per heavy atom. The average Bonchev–Trinajstić information content (AvgIpc) is 2.53. The van der Waals surface area contributed by atoms with Crippen molar-refractivity contribution in [2.24, 2.45) is 0 Å². The largest absolute Gasteiger partial charge is 0.486 e. The van der Waals surface area contributed by atoms with Gasteiger partial charge in [-0.15, -0.1) is 0 Å². The maximum absolute atomic E-state index is 14.2. The average molecular weight is 287 g/mol. The van der Waals surface area contributed by atoms with Crippen molar-refractivity contribution < 1.29 is 13.9 Å². The van der Waals surface area contributed by atoms with Gasteiger partial charge < -0.3 is 14.8 Å². The van der Waals surface area contributed by atoms with E-state index in [-0.39, 0.29) is 11.9 Å². The smallest absolute Gasteiger partial charge is 0.166 e. The number of para-hydroxylation sites is 1. The number of halogens is 1. The Balaban J connectivity index is 2.08. The fourth-order valence-corrected chi connectivity index (χ4v) is 2.62. The fraction of sp³-hybridized carbons (Fsp3) is 0.294. The van der Waals surface area contributed by atoms with Crippen LogP contribution >= 0.6 is 0 Å². The highest BCUT2D eigenvalue weighted by atomic mass is 19.1. The van der Waals surface area contributed by atoms with Gasteiger partial charge in [0, 0.05) is 11.1 Å². The van der Waals surface area contributed by atoms with Gasteiger partial charge in [0.05, 0.1) is 6.04 Å². The van der Waals surface area contributed by atoms with Crippen LogP contribution in [0.15, 0.2) is 42.5 Å². The molecule has 21 heavy (non-hydrogen) atoms. The quantitative estimate of drug-likeness (QED) is 0.936. The Labute approximate surface area is 123 Å². The van der Waals surface area contributed by atoms with Crippen molar-refractivity contribution in [1.29, 1.82) is 0 Å². The Hall–Kier alpha value is -2.07. The molecule has 1 unspecified atom stereocenters. The normalized spacial score (nSPS) is 14.8. The van der Waals surface area contributed by atoms with Crippen LogP contribution in [0.4, 0.5) is 4.39 Å². The Kier molecular flexibility index (Phi) is 4.06. The second kappa shape index (κ2) is 6.14. The first-order valence-corrected chi connectivity index (χ1v) is 7.17. The third kappa shape index (κ3) is 2.72. The molecule has 0 aromatic heterocycles. The maximum atomic E-state index is 14.2. The molecule has 0 radical (unpaired) electrons. The minimum atomic E-state index is -0.257. The molecule has 0 saturated heterocycles. The molecule has 0 saturated carbocycles. The molecule has 0 spiro atoms. The van der Waals surface area contributed by atoms with Gasteiger partial charge in [0.2, 0.25) is 0 Å². The van der Waals surface area contributed by atoms with E-state index in [1.54, 1.807) is 12.1 Å². The molecule has 0 aliphatic carbocycles. The molecule has 0 bridgehead atoms. The minimum Gasteiger partial charge on any atom is -0.486 e. The topological polar surface area (TPSA) is 30.5 Å². The summed E-state index contributed by atoms with van der Waals surface area (Å²) in [5.41, 5.74) is 1.51. The zero-order chi connectivity index (χ0) is 14.7. The number of benzene rings is 2. The highest BCUT2D eigenvalue weighted by molar-refractivity contribution is 5.51. The monoisotopic (exact) mass is 287 g/mol. The van der Waals surface area contributed by atoms with E-state index in [4.69, 9.17) is 9.47 Å². The predicted octanol–water partition coefficient (Wildman–Crippen LogP) is 3.30. The lowest BCUT2D eigenvalue weighted by Gasteiger charge is -2.26. The van der Waals surface area contributed by atoms with E-state index in [1.165, 1.54) is 6.07 Å². The standard InChI is InChI=1S/C17H18FNO2/c1-2-19-16(12-6-3-4-8-14(12)18)13-7-5-9-15-17(13)21-11-10-20-15/h3-9,16,19H,2,10-11H2,1H3. The van der Waals surface area contributed by atoms with Crippen LogP contribution < -0.4 is 14.8 Å². The van der Waals surface area contributed by atoms with Crippen LogP contribution in [-0.4, -0.2) is 19.8 Å². The van der Waals surface area contributed by atoms with E-state index < -0.39 is 0 Å². The first-order valence-electron chi connectivity index (χ1n) is 7.17. The lowest BCUT2D eigenvalue weighted by atomic mass is 9.96. The zero-order valence-electron chi connectivity index (χ0n) is 11.9. The van der Waals surface area contributed by atoms with Gasteiger partial charge in [-0.05, 0) is 18.7 Å². The van der Waals surface area contributed by atoms with Crippen LogP contribution in [0, 0.1) is 5.82 Å². The van der Waals surface area contributed by atoms with Crippen molar-refractivity contribution in [3.63, 3.8) is 0 Å². The van der Waals surface area contributed by atoms with Crippen LogP contribution in [0.1, 0.15) is 24.1 Å². The number of fused-ring (bicyclic) bond motifs is 1. The summed E-state index contributed by atoms with van der Waals surface area (Å²) in [6.07, 6.45) is 0. The summed E-state index contributed by atoms with van der Waals surface area (Å²) in [5, 5.41) is 3.33. The Morgan fingerprint density at radius 3 is 2.62 bits per heavy atom. The van der Waals surface area contributed by atoms with Crippen molar-refractivity contribution >= 4 is 0 Å². The lowest BCUT2D eigenvalue weighted by Crippen LogP contribution is -2.25.